The van der Waals surface area contributed by atoms with Crippen molar-refractivity contribution < 1.29 is 5.11 Å². The zero-order valence-corrected chi connectivity index (χ0v) is 6.42. The van der Waals surface area contributed by atoms with Crippen molar-refractivity contribution in [2.24, 2.45) is 5.92 Å². The fraction of sp³-hybridized carbons (Fsp3) is 0.778. The molecule has 1 heteroatoms. The van der Waals surface area contributed by atoms with Crippen LogP contribution >= 0.6 is 0 Å². The van der Waals surface area contributed by atoms with Gasteiger partial charge in [0.25, 0.3) is 0 Å². The van der Waals surface area contributed by atoms with Gasteiger partial charge in [0.15, 0.2) is 0 Å². The third-order valence-corrected chi connectivity index (χ3v) is 2.33. The molecule has 10 heavy (non-hydrogen) atoms. The van der Waals surface area contributed by atoms with Gasteiger partial charge in [-0.2, -0.15) is 0 Å². The molecule has 0 bridgehead atoms. The number of hydrogen-bond acceptors (Lipinski definition) is 1. The normalized spacial score (nSPS) is 34.9. The van der Waals surface area contributed by atoms with Crippen LogP contribution in [0.3, 0.4) is 0 Å². The second kappa shape index (κ2) is 3.77. The highest BCUT2D eigenvalue weighted by atomic mass is 16.3. The monoisotopic (exact) mass is 140 g/mol. The molecule has 1 fully saturated rings. The molecule has 0 spiro atoms. The topological polar surface area (TPSA) is 20.2 Å². The number of hydrogen-bond donors (Lipinski definition) is 1. The van der Waals surface area contributed by atoms with E-state index >= 15 is 0 Å². The van der Waals surface area contributed by atoms with E-state index in [1.165, 1.54) is 19.3 Å². The molecular formula is C9H16O. The maximum atomic E-state index is 9.48. The fourth-order valence-electron chi connectivity index (χ4n) is 1.59. The second-order valence-corrected chi connectivity index (χ2v) is 3.10. The lowest BCUT2D eigenvalue weighted by atomic mass is 9.98. The van der Waals surface area contributed by atoms with Crippen LogP contribution < -0.4 is 0 Å². The highest BCUT2D eigenvalue weighted by molar-refractivity contribution is 4.86. The first-order valence-electron chi connectivity index (χ1n) is 4.15. The van der Waals surface area contributed by atoms with Crippen molar-refractivity contribution in [1.82, 2.24) is 0 Å². The zero-order valence-electron chi connectivity index (χ0n) is 6.42. The molecule has 1 N–H and O–H groups in total. The maximum Gasteiger partial charge on any atom is 0.0602 e. The van der Waals surface area contributed by atoms with Crippen molar-refractivity contribution in [1.29, 1.82) is 0 Å². The van der Waals surface area contributed by atoms with E-state index in [9.17, 15) is 5.11 Å². The van der Waals surface area contributed by atoms with Gasteiger partial charge in [-0.05, 0) is 12.8 Å². The molecule has 0 radical (unpaired) electrons. The molecule has 1 saturated carbocycles. The first kappa shape index (κ1) is 7.80. The second-order valence-electron chi connectivity index (χ2n) is 3.10. The van der Waals surface area contributed by atoms with E-state index in [-0.39, 0.29) is 6.10 Å². The Morgan fingerprint density at radius 3 is 2.60 bits per heavy atom. The molecule has 1 nitrogen and oxygen atoms in total. The number of aliphatic hydroxyl groups is 1. The molecular weight excluding hydrogens is 124 g/mol. The van der Waals surface area contributed by atoms with Gasteiger partial charge in [-0.25, -0.2) is 0 Å². The Kier molecular flexibility index (Phi) is 2.94. The van der Waals surface area contributed by atoms with Crippen molar-refractivity contribution >= 4 is 0 Å². The van der Waals surface area contributed by atoms with Crippen LogP contribution in [0.25, 0.3) is 0 Å². The Balaban J connectivity index is 2.43. The minimum Gasteiger partial charge on any atom is -0.393 e. The molecule has 0 amide bonds. The van der Waals surface area contributed by atoms with Gasteiger partial charge in [-0.3, -0.25) is 0 Å². The van der Waals surface area contributed by atoms with Crippen LogP contribution in [0.15, 0.2) is 12.7 Å². The molecule has 1 aliphatic rings. The average molecular weight is 140 g/mol. The van der Waals surface area contributed by atoms with Crippen LogP contribution in [0.5, 0.6) is 0 Å². The van der Waals surface area contributed by atoms with Gasteiger partial charge in [0.05, 0.1) is 6.10 Å². The van der Waals surface area contributed by atoms with E-state index < -0.39 is 0 Å². The smallest absolute Gasteiger partial charge is 0.0602 e. The summed E-state index contributed by atoms with van der Waals surface area (Å²) < 4.78 is 0. The van der Waals surface area contributed by atoms with Gasteiger partial charge in [0.1, 0.15) is 0 Å². The molecule has 1 aliphatic carbocycles. The predicted molar refractivity (Wildman–Crippen MR) is 42.8 cm³/mol. The minimum atomic E-state index is -0.111. The lowest BCUT2D eigenvalue weighted by Gasteiger charge is -2.14. The van der Waals surface area contributed by atoms with E-state index in [1.54, 1.807) is 0 Å². The van der Waals surface area contributed by atoms with Crippen molar-refractivity contribution in [3.63, 3.8) is 0 Å². The van der Waals surface area contributed by atoms with Crippen molar-refractivity contribution in [3.8, 4) is 0 Å². The molecule has 2 atom stereocenters. The Morgan fingerprint density at radius 2 is 1.90 bits per heavy atom. The molecule has 0 aromatic heterocycles. The van der Waals surface area contributed by atoms with Crippen LogP contribution in [0.1, 0.15) is 32.1 Å². The summed E-state index contributed by atoms with van der Waals surface area (Å²) in [7, 11) is 0. The summed E-state index contributed by atoms with van der Waals surface area (Å²) in [5, 5.41) is 9.48. The van der Waals surface area contributed by atoms with Crippen LogP contribution in [-0.4, -0.2) is 11.2 Å². The summed E-state index contributed by atoms with van der Waals surface area (Å²) in [6.45, 7) is 3.72. The lowest BCUT2D eigenvalue weighted by Crippen LogP contribution is -2.15. The van der Waals surface area contributed by atoms with Crippen molar-refractivity contribution in [2.45, 2.75) is 38.2 Å². The molecule has 58 valence electrons. The fourth-order valence-corrected chi connectivity index (χ4v) is 1.59. The average Bonchev–Trinajstić information content (AvgIpc) is 2.13. The lowest BCUT2D eigenvalue weighted by molar-refractivity contribution is 0.123. The minimum absolute atomic E-state index is 0.111. The van der Waals surface area contributed by atoms with E-state index in [0.717, 1.165) is 12.8 Å². The van der Waals surface area contributed by atoms with Crippen LogP contribution in [0, 0.1) is 5.92 Å². The van der Waals surface area contributed by atoms with Gasteiger partial charge in [-0.1, -0.05) is 25.3 Å². The molecule has 0 aromatic rings. The van der Waals surface area contributed by atoms with Gasteiger partial charge in [-0.15, -0.1) is 6.58 Å². The molecule has 0 saturated heterocycles. The summed E-state index contributed by atoms with van der Waals surface area (Å²) in [5.74, 6) is 0.363. The molecule has 0 aliphatic heterocycles. The first-order chi connectivity index (χ1) is 4.84. The van der Waals surface area contributed by atoms with E-state index in [4.69, 9.17) is 0 Å². The van der Waals surface area contributed by atoms with Gasteiger partial charge < -0.3 is 5.11 Å². The van der Waals surface area contributed by atoms with E-state index in [1.807, 2.05) is 6.08 Å². The Labute approximate surface area is 62.8 Å². The first-order valence-corrected chi connectivity index (χ1v) is 4.15. The third-order valence-electron chi connectivity index (χ3n) is 2.33. The summed E-state index contributed by atoms with van der Waals surface area (Å²) >= 11 is 0. The van der Waals surface area contributed by atoms with Crippen molar-refractivity contribution in [2.75, 3.05) is 0 Å². The third kappa shape index (κ3) is 1.84. The number of aliphatic hydroxyl groups excluding tert-OH is 1. The SMILES string of the molecule is C=C[C@@H]1CCCCC[C@H]1O. The summed E-state index contributed by atoms with van der Waals surface area (Å²) in [4.78, 5) is 0. The highest BCUT2D eigenvalue weighted by Gasteiger charge is 2.17. The Morgan fingerprint density at radius 1 is 1.20 bits per heavy atom. The van der Waals surface area contributed by atoms with E-state index in [2.05, 4.69) is 6.58 Å². The zero-order chi connectivity index (χ0) is 7.40. The molecule has 1 rings (SSSR count). The van der Waals surface area contributed by atoms with Gasteiger partial charge in [0, 0.05) is 5.92 Å². The van der Waals surface area contributed by atoms with Crippen molar-refractivity contribution in [3.05, 3.63) is 12.7 Å². The summed E-state index contributed by atoms with van der Waals surface area (Å²) in [6, 6.07) is 0. The Hall–Kier alpha value is -0.300. The van der Waals surface area contributed by atoms with Crippen LogP contribution in [0.4, 0.5) is 0 Å². The molecule has 0 unspecified atom stereocenters. The van der Waals surface area contributed by atoms with Crippen LogP contribution in [0.2, 0.25) is 0 Å². The largest absolute Gasteiger partial charge is 0.393 e. The molecule has 0 heterocycles. The predicted octanol–water partition coefficient (Wildman–Crippen LogP) is 2.11. The summed E-state index contributed by atoms with van der Waals surface area (Å²) in [6.07, 6.45) is 7.61. The van der Waals surface area contributed by atoms with Gasteiger partial charge >= 0.3 is 0 Å². The number of rotatable bonds is 1. The standard InChI is InChI=1S/C9H16O/c1-2-8-6-4-3-5-7-9(8)10/h2,8-10H,1,3-7H2/t8-,9-/m1/s1. The molecule has 0 aromatic carbocycles. The Bertz CT molecular complexity index is 109. The quantitative estimate of drug-likeness (QED) is 0.437. The summed E-state index contributed by atoms with van der Waals surface area (Å²) in [5.41, 5.74) is 0. The van der Waals surface area contributed by atoms with Crippen LogP contribution in [-0.2, 0) is 0 Å². The maximum absolute atomic E-state index is 9.48. The van der Waals surface area contributed by atoms with E-state index in [0.29, 0.717) is 5.92 Å². The highest BCUT2D eigenvalue weighted by Crippen LogP contribution is 2.23. The van der Waals surface area contributed by atoms with Gasteiger partial charge in [0.2, 0.25) is 0 Å².